The number of carbonyl (C=O) groups excluding carboxylic acids is 2. The summed E-state index contributed by atoms with van der Waals surface area (Å²) in [6.07, 6.45) is 1.47. The van der Waals surface area contributed by atoms with Crippen molar-refractivity contribution >= 4 is 11.7 Å². The molecular weight excluding hydrogens is 380 g/mol. The third-order valence-corrected chi connectivity index (χ3v) is 5.74. The molecule has 1 saturated heterocycles. The Hall–Kier alpha value is -2.86. The van der Waals surface area contributed by atoms with Crippen molar-refractivity contribution in [2.24, 2.45) is 0 Å². The molecular formula is C24H28N2O4. The number of carbonyl (C=O) groups is 2. The topological polar surface area (TPSA) is 59.1 Å². The van der Waals surface area contributed by atoms with Crippen LogP contribution in [0.15, 0.2) is 42.5 Å². The Morgan fingerprint density at radius 1 is 1.03 bits per heavy atom. The lowest BCUT2D eigenvalue weighted by molar-refractivity contribution is -0.135. The Morgan fingerprint density at radius 2 is 1.80 bits per heavy atom. The zero-order valence-electron chi connectivity index (χ0n) is 17.4. The molecule has 0 atom stereocenters. The molecule has 1 amide bonds. The fourth-order valence-electron chi connectivity index (χ4n) is 3.93. The normalized spacial score (nSPS) is 16.1. The summed E-state index contributed by atoms with van der Waals surface area (Å²) in [6.45, 7) is 6.66. The van der Waals surface area contributed by atoms with Gasteiger partial charge in [0, 0.05) is 51.1 Å². The molecule has 0 aliphatic carbocycles. The van der Waals surface area contributed by atoms with E-state index in [1.807, 2.05) is 11.8 Å². The van der Waals surface area contributed by atoms with Gasteiger partial charge in [0.1, 0.15) is 11.5 Å². The molecule has 4 rings (SSSR count). The third kappa shape index (κ3) is 4.82. The fourth-order valence-corrected chi connectivity index (χ4v) is 3.93. The highest BCUT2D eigenvalue weighted by atomic mass is 16.5. The Kier molecular flexibility index (Phi) is 6.33. The second-order valence-corrected chi connectivity index (χ2v) is 7.79. The zero-order valence-corrected chi connectivity index (χ0v) is 17.4. The van der Waals surface area contributed by atoms with Crippen molar-refractivity contribution in [2.75, 3.05) is 39.4 Å². The van der Waals surface area contributed by atoms with E-state index in [1.54, 1.807) is 24.3 Å². The van der Waals surface area contributed by atoms with Gasteiger partial charge in [0.15, 0.2) is 12.4 Å². The van der Waals surface area contributed by atoms with E-state index in [0.717, 1.165) is 38.4 Å². The lowest BCUT2D eigenvalue weighted by Gasteiger charge is -2.34. The number of benzene rings is 2. The van der Waals surface area contributed by atoms with Gasteiger partial charge in [-0.05, 0) is 41.5 Å². The molecule has 2 aliphatic rings. The second-order valence-electron chi connectivity index (χ2n) is 7.79. The number of rotatable bonds is 7. The SMILES string of the molecule is CCC(=O)c1ccc(OCC(=O)N2CCN(Cc3ccc4c(c3)CCO4)CC2)cc1. The van der Waals surface area contributed by atoms with Crippen LogP contribution in [0.25, 0.3) is 0 Å². The lowest BCUT2D eigenvalue weighted by atomic mass is 10.1. The van der Waals surface area contributed by atoms with E-state index in [2.05, 4.69) is 23.1 Å². The van der Waals surface area contributed by atoms with E-state index in [9.17, 15) is 9.59 Å². The van der Waals surface area contributed by atoms with Crippen LogP contribution in [0, 0.1) is 0 Å². The van der Waals surface area contributed by atoms with Gasteiger partial charge in [-0.25, -0.2) is 0 Å². The van der Waals surface area contributed by atoms with Crippen LogP contribution in [0.2, 0.25) is 0 Å². The van der Waals surface area contributed by atoms with Crippen molar-refractivity contribution in [3.8, 4) is 11.5 Å². The molecule has 0 N–H and O–H groups in total. The highest BCUT2D eigenvalue weighted by molar-refractivity contribution is 5.95. The number of Topliss-reactive ketones (excluding diaryl/α,β-unsaturated/α-hetero) is 1. The first kappa shape index (κ1) is 20.4. The monoisotopic (exact) mass is 408 g/mol. The molecule has 30 heavy (non-hydrogen) atoms. The van der Waals surface area contributed by atoms with Crippen LogP contribution in [0.4, 0.5) is 0 Å². The van der Waals surface area contributed by atoms with Gasteiger partial charge >= 0.3 is 0 Å². The predicted octanol–water partition coefficient (Wildman–Crippen LogP) is 2.94. The van der Waals surface area contributed by atoms with E-state index in [0.29, 0.717) is 30.8 Å². The minimum absolute atomic E-state index is 0.00181. The predicted molar refractivity (Wildman–Crippen MR) is 114 cm³/mol. The maximum Gasteiger partial charge on any atom is 0.260 e. The molecule has 2 aliphatic heterocycles. The highest BCUT2D eigenvalue weighted by Gasteiger charge is 2.22. The van der Waals surface area contributed by atoms with Gasteiger partial charge in [-0.15, -0.1) is 0 Å². The van der Waals surface area contributed by atoms with Crippen LogP contribution < -0.4 is 9.47 Å². The van der Waals surface area contributed by atoms with Crippen molar-refractivity contribution in [2.45, 2.75) is 26.3 Å². The number of piperazine rings is 1. The van der Waals surface area contributed by atoms with Crippen LogP contribution >= 0.6 is 0 Å². The number of fused-ring (bicyclic) bond motifs is 1. The Bertz CT molecular complexity index is 902. The van der Waals surface area contributed by atoms with Crippen LogP contribution in [0.5, 0.6) is 11.5 Å². The molecule has 2 heterocycles. The first-order chi connectivity index (χ1) is 14.6. The van der Waals surface area contributed by atoms with Gasteiger partial charge in [0.25, 0.3) is 5.91 Å². The summed E-state index contributed by atoms with van der Waals surface area (Å²) in [4.78, 5) is 28.4. The Balaban J connectivity index is 1.22. The number of ketones is 1. The average molecular weight is 408 g/mol. The van der Waals surface area contributed by atoms with Crippen molar-refractivity contribution < 1.29 is 19.1 Å². The Morgan fingerprint density at radius 3 is 2.53 bits per heavy atom. The van der Waals surface area contributed by atoms with Crippen LogP contribution in [-0.2, 0) is 17.8 Å². The van der Waals surface area contributed by atoms with Crippen LogP contribution in [0.3, 0.4) is 0 Å². The molecule has 2 aromatic rings. The van der Waals surface area contributed by atoms with Gasteiger partial charge in [-0.3, -0.25) is 14.5 Å². The fraction of sp³-hybridized carbons (Fsp3) is 0.417. The largest absolute Gasteiger partial charge is 0.493 e. The molecule has 0 spiro atoms. The number of ether oxygens (including phenoxy) is 2. The van der Waals surface area contributed by atoms with E-state index < -0.39 is 0 Å². The third-order valence-electron chi connectivity index (χ3n) is 5.74. The maximum atomic E-state index is 12.5. The molecule has 0 bridgehead atoms. The molecule has 1 fully saturated rings. The quantitative estimate of drug-likeness (QED) is 0.660. The summed E-state index contributed by atoms with van der Waals surface area (Å²) in [5.74, 6) is 1.72. The summed E-state index contributed by atoms with van der Waals surface area (Å²) in [6, 6.07) is 13.4. The summed E-state index contributed by atoms with van der Waals surface area (Å²) in [7, 11) is 0. The van der Waals surface area contributed by atoms with E-state index in [4.69, 9.17) is 9.47 Å². The van der Waals surface area contributed by atoms with Crippen molar-refractivity contribution in [1.82, 2.24) is 9.80 Å². The smallest absolute Gasteiger partial charge is 0.260 e. The minimum atomic E-state index is -0.00181. The van der Waals surface area contributed by atoms with Gasteiger partial charge < -0.3 is 14.4 Å². The second kappa shape index (κ2) is 9.30. The molecule has 0 radical (unpaired) electrons. The molecule has 0 unspecified atom stereocenters. The zero-order chi connectivity index (χ0) is 20.9. The first-order valence-corrected chi connectivity index (χ1v) is 10.6. The van der Waals surface area contributed by atoms with E-state index in [-0.39, 0.29) is 18.3 Å². The average Bonchev–Trinajstić information content (AvgIpc) is 3.26. The molecule has 6 nitrogen and oxygen atoms in total. The molecule has 0 aromatic heterocycles. The molecule has 0 saturated carbocycles. The van der Waals surface area contributed by atoms with Gasteiger partial charge in [0.05, 0.1) is 6.61 Å². The molecule has 2 aromatic carbocycles. The van der Waals surface area contributed by atoms with Crippen molar-refractivity contribution in [1.29, 1.82) is 0 Å². The lowest BCUT2D eigenvalue weighted by Crippen LogP contribution is -2.49. The number of nitrogens with zero attached hydrogens (tertiary/aromatic N) is 2. The molecule has 158 valence electrons. The van der Waals surface area contributed by atoms with Gasteiger partial charge in [-0.1, -0.05) is 19.1 Å². The summed E-state index contributed by atoms with van der Waals surface area (Å²) >= 11 is 0. The Labute approximate surface area is 177 Å². The summed E-state index contributed by atoms with van der Waals surface area (Å²) in [5.41, 5.74) is 3.26. The summed E-state index contributed by atoms with van der Waals surface area (Å²) < 4.78 is 11.2. The van der Waals surface area contributed by atoms with Gasteiger partial charge in [-0.2, -0.15) is 0 Å². The summed E-state index contributed by atoms with van der Waals surface area (Å²) in [5, 5.41) is 0. The van der Waals surface area contributed by atoms with Crippen molar-refractivity contribution in [3.05, 3.63) is 59.2 Å². The van der Waals surface area contributed by atoms with E-state index in [1.165, 1.54) is 11.1 Å². The van der Waals surface area contributed by atoms with Crippen molar-refractivity contribution in [3.63, 3.8) is 0 Å². The minimum Gasteiger partial charge on any atom is -0.493 e. The highest BCUT2D eigenvalue weighted by Crippen LogP contribution is 2.26. The number of hydrogen-bond acceptors (Lipinski definition) is 5. The maximum absolute atomic E-state index is 12.5. The number of hydrogen-bond donors (Lipinski definition) is 0. The standard InChI is InChI=1S/C24H28N2O4/c1-2-22(27)19-4-6-21(7-5-19)30-17-24(28)26-12-10-25(11-13-26)16-18-3-8-23-20(15-18)9-14-29-23/h3-8,15H,2,9-14,16-17H2,1H3. The molecule has 6 heteroatoms. The van der Waals surface area contributed by atoms with E-state index >= 15 is 0 Å². The first-order valence-electron chi connectivity index (χ1n) is 10.6. The number of amides is 1. The van der Waals surface area contributed by atoms with Gasteiger partial charge in [0.2, 0.25) is 0 Å². The van der Waals surface area contributed by atoms with Crippen LogP contribution in [0.1, 0.15) is 34.8 Å². The van der Waals surface area contributed by atoms with Crippen LogP contribution in [-0.4, -0.2) is 60.9 Å².